The Kier molecular flexibility index (Phi) is 7.81. The van der Waals surface area contributed by atoms with Gasteiger partial charge in [-0.25, -0.2) is 4.99 Å². The third kappa shape index (κ3) is 6.04. The summed E-state index contributed by atoms with van der Waals surface area (Å²) in [5, 5.41) is 15.2. The molecule has 1 N–H and O–H groups in total. The lowest BCUT2D eigenvalue weighted by Crippen LogP contribution is -2.36. The normalized spacial score (nSPS) is 17.7. The van der Waals surface area contributed by atoms with Crippen molar-refractivity contribution < 1.29 is 14.5 Å². The minimum atomic E-state index is -0.393. The van der Waals surface area contributed by atoms with E-state index in [9.17, 15) is 14.9 Å². The number of rotatable bonds is 6. The van der Waals surface area contributed by atoms with Crippen LogP contribution in [0.4, 0.5) is 22.1 Å². The van der Waals surface area contributed by atoms with E-state index in [-0.39, 0.29) is 17.0 Å². The van der Waals surface area contributed by atoms with Crippen molar-refractivity contribution in [1.82, 2.24) is 0 Å². The number of anilines is 2. The number of amides is 1. The molecule has 0 radical (unpaired) electrons. The molecule has 8 nitrogen and oxygen atoms in total. The maximum absolute atomic E-state index is 13.6. The molecule has 1 aromatic heterocycles. The third-order valence-electron chi connectivity index (χ3n) is 7.62. The van der Waals surface area contributed by atoms with Crippen molar-refractivity contribution in [2.24, 2.45) is 16.3 Å². The summed E-state index contributed by atoms with van der Waals surface area (Å²) in [6.07, 6.45) is 4.45. The molecule has 0 spiro atoms. The zero-order valence-corrected chi connectivity index (χ0v) is 23.4. The van der Waals surface area contributed by atoms with Crippen LogP contribution in [-0.2, 0) is 17.6 Å². The first kappa shape index (κ1) is 27.0. The molecule has 2 heterocycles. The van der Waals surface area contributed by atoms with E-state index in [1.165, 1.54) is 10.9 Å². The average Bonchev–Trinajstić information content (AvgIpc) is 3.30. The van der Waals surface area contributed by atoms with Crippen LogP contribution in [0, 0.1) is 21.4 Å². The molecule has 2 aromatic carbocycles. The van der Waals surface area contributed by atoms with Crippen molar-refractivity contribution >= 4 is 45.5 Å². The molecule has 1 atom stereocenters. The number of nitro groups is 1. The number of thiophene rings is 1. The fourth-order valence-corrected chi connectivity index (χ4v) is 6.60. The predicted octanol–water partition coefficient (Wildman–Crippen LogP) is 6.65. The van der Waals surface area contributed by atoms with Gasteiger partial charge >= 0.3 is 0 Å². The van der Waals surface area contributed by atoms with Crippen molar-refractivity contribution in [3.8, 4) is 0 Å². The zero-order chi connectivity index (χ0) is 27.6. The van der Waals surface area contributed by atoms with E-state index in [0.717, 1.165) is 36.2 Å². The van der Waals surface area contributed by atoms with Gasteiger partial charge in [0, 0.05) is 53.3 Å². The number of hydrogen-bond donors (Lipinski definition) is 1. The van der Waals surface area contributed by atoms with Crippen LogP contribution in [0.2, 0.25) is 0 Å². The molecule has 9 heteroatoms. The molecule has 1 aliphatic carbocycles. The number of nitrogens with one attached hydrogen (secondary N) is 1. The van der Waals surface area contributed by atoms with Gasteiger partial charge in [-0.1, -0.05) is 39.0 Å². The van der Waals surface area contributed by atoms with E-state index in [2.05, 4.69) is 31.0 Å². The number of para-hydroxylation sites is 1. The topological polar surface area (TPSA) is 97.1 Å². The molecule has 1 amide bonds. The van der Waals surface area contributed by atoms with Gasteiger partial charge in [-0.05, 0) is 54.4 Å². The molecule has 5 rings (SSSR count). The first-order chi connectivity index (χ1) is 18.7. The Labute approximate surface area is 232 Å². The van der Waals surface area contributed by atoms with E-state index in [1.807, 2.05) is 30.3 Å². The van der Waals surface area contributed by atoms with Gasteiger partial charge in [-0.2, -0.15) is 0 Å². The minimum Gasteiger partial charge on any atom is -0.378 e. The molecule has 1 fully saturated rings. The van der Waals surface area contributed by atoms with E-state index in [1.54, 1.807) is 29.7 Å². The van der Waals surface area contributed by atoms with Crippen LogP contribution < -0.4 is 10.2 Å². The first-order valence-electron chi connectivity index (χ1n) is 13.4. The molecular formula is C30H34N4O4S. The Morgan fingerprint density at radius 2 is 1.92 bits per heavy atom. The molecule has 0 unspecified atom stereocenters. The predicted molar refractivity (Wildman–Crippen MR) is 157 cm³/mol. The van der Waals surface area contributed by atoms with Gasteiger partial charge in [0.25, 0.3) is 11.6 Å². The van der Waals surface area contributed by atoms with Crippen LogP contribution in [-0.4, -0.2) is 43.3 Å². The molecule has 0 bridgehead atoms. The second-order valence-electron chi connectivity index (χ2n) is 11.2. The van der Waals surface area contributed by atoms with Crippen molar-refractivity contribution in [1.29, 1.82) is 0 Å². The molecular weight excluding hydrogens is 512 g/mol. The van der Waals surface area contributed by atoms with Crippen LogP contribution in [0.3, 0.4) is 0 Å². The number of nitrogens with zero attached hydrogens (tertiary/aromatic N) is 3. The van der Waals surface area contributed by atoms with E-state index >= 15 is 0 Å². The number of carbonyl (C=O) groups excluding carboxylic acids is 1. The molecule has 1 aliphatic heterocycles. The SMILES string of the molecule is CC(C)(C)[C@@H]1CCc2c(sc(N=Cc3cc([N+](=O)[O-])ccc3N3CCOCC3)c2C(=O)Nc2ccccc2)C1. The smallest absolute Gasteiger partial charge is 0.270 e. The summed E-state index contributed by atoms with van der Waals surface area (Å²) in [6.45, 7) is 9.42. The van der Waals surface area contributed by atoms with Gasteiger partial charge in [0.15, 0.2) is 0 Å². The van der Waals surface area contributed by atoms with Gasteiger partial charge in [-0.3, -0.25) is 14.9 Å². The van der Waals surface area contributed by atoms with Crippen LogP contribution in [0.1, 0.15) is 53.6 Å². The second-order valence-corrected chi connectivity index (χ2v) is 12.3. The minimum absolute atomic E-state index is 0.00833. The highest BCUT2D eigenvalue weighted by Crippen LogP contribution is 2.45. The lowest BCUT2D eigenvalue weighted by Gasteiger charge is -2.33. The quantitative estimate of drug-likeness (QED) is 0.212. The Morgan fingerprint density at radius 3 is 2.62 bits per heavy atom. The standard InChI is InChI=1S/C30H34N4O4S/c1-30(2,3)21-9-11-24-26(18-21)39-29(27(24)28(35)32-22-7-5-4-6-8-22)31-19-20-17-23(34(36)37)10-12-25(20)33-13-15-38-16-14-33/h4-8,10,12,17,19,21H,9,11,13-16,18H2,1-3H3,(H,32,35)/t21-/m1/s1. The van der Waals surface area contributed by atoms with Gasteiger partial charge in [0.2, 0.25) is 0 Å². The van der Waals surface area contributed by atoms with Crippen LogP contribution >= 0.6 is 11.3 Å². The fraction of sp³-hybridized carbons (Fsp3) is 0.400. The summed E-state index contributed by atoms with van der Waals surface area (Å²) in [7, 11) is 0. The van der Waals surface area contributed by atoms with E-state index < -0.39 is 4.92 Å². The number of hydrogen-bond acceptors (Lipinski definition) is 7. The summed E-state index contributed by atoms with van der Waals surface area (Å²) in [4.78, 5) is 33.0. The second kappa shape index (κ2) is 11.3. The van der Waals surface area contributed by atoms with Crippen LogP contribution in [0.5, 0.6) is 0 Å². The number of non-ortho nitro benzene ring substituents is 1. The molecule has 0 saturated carbocycles. The number of aliphatic imine (C=N–C) groups is 1. The van der Waals surface area contributed by atoms with Crippen molar-refractivity contribution in [2.45, 2.75) is 40.0 Å². The number of ether oxygens (including phenoxy) is 1. The van der Waals surface area contributed by atoms with Gasteiger partial charge in [0.05, 0.1) is 23.7 Å². The van der Waals surface area contributed by atoms with Crippen LogP contribution in [0.25, 0.3) is 0 Å². The lowest BCUT2D eigenvalue weighted by atomic mass is 9.72. The largest absolute Gasteiger partial charge is 0.378 e. The zero-order valence-electron chi connectivity index (χ0n) is 22.6. The Morgan fingerprint density at radius 1 is 1.18 bits per heavy atom. The molecule has 39 heavy (non-hydrogen) atoms. The maximum atomic E-state index is 13.6. The first-order valence-corrected chi connectivity index (χ1v) is 14.2. The van der Waals surface area contributed by atoms with Crippen LogP contribution in [0.15, 0.2) is 53.5 Å². The van der Waals surface area contributed by atoms with Gasteiger partial charge in [0.1, 0.15) is 5.00 Å². The summed E-state index contributed by atoms with van der Waals surface area (Å²) < 4.78 is 5.50. The van der Waals surface area contributed by atoms with Crippen molar-refractivity contribution in [3.05, 3.63) is 80.2 Å². The molecule has 3 aromatic rings. The number of fused-ring (bicyclic) bond motifs is 1. The Bertz CT molecular complexity index is 1390. The molecule has 204 valence electrons. The third-order valence-corrected chi connectivity index (χ3v) is 8.79. The van der Waals surface area contributed by atoms with E-state index in [4.69, 9.17) is 9.73 Å². The maximum Gasteiger partial charge on any atom is 0.270 e. The monoisotopic (exact) mass is 546 g/mol. The number of nitro benzene ring substituents is 1. The van der Waals surface area contributed by atoms with E-state index in [0.29, 0.717) is 48.3 Å². The molecule has 1 saturated heterocycles. The highest BCUT2D eigenvalue weighted by molar-refractivity contribution is 7.16. The summed E-state index contributed by atoms with van der Waals surface area (Å²) in [5.74, 6) is 0.350. The van der Waals surface area contributed by atoms with Crippen molar-refractivity contribution in [3.63, 3.8) is 0 Å². The summed E-state index contributed by atoms with van der Waals surface area (Å²) >= 11 is 1.57. The summed E-state index contributed by atoms with van der Waals surface area (Å²) in [6, 6.07) is 14.3. The number of benzene rings is 2. The highest BCUT2D eigenvalue weighted by atomic mass is 32.1. The fourth-order valence-electron chi connectivity index (χ4n) is 5.33. The average molecular weight is 547 g/mol. The van der Waals surface area contributed by atoms with Gasteiger partial charge < -0.3 is 15.0 Å². The van der Waals surface area contributed by atoms with Crippen molar-refractivity contribution in [2.75, 3.05) is 36.5 Å². The Hall–Kier alpha value is -3.56. The van der Waals surface area contributed by atoms with Gasteiger partial charge in [-0.15, -0.1) is 11.3 Å². The lowest BCUT2D eigenvalue weighted by molar-refractivity contribution is -0.384. The number of carbonyl (C=O) groups is 1. The Balaban J connectivity index is 1.54. The highest BCUT2D eigenvalue weighted by Gasteiger charge is 2.33. The summed E-state index contributed by atoms with van der Waals surface area (Å²) in [5.41, 5.74) is 4.13. The molecule has 2 aliphatic rings. The number of morpholine rings is 1.